The largest absolute Gasteiger partial charge is 0.417 e. The highest BCUT2D eigenvalue weighted by Crippen LogP contribution is 2.43. The van der Waals surface area contributed by atoms with Crippen LogP contribution in [0.5, 0.6) is 0 Å². The van der Waals surface area contributed by atoms with E-state index in [1.807, 2.05) is 0 Å². The number of carbonyl (C=O) groups is 2. The van der Waals surface area contributed by atoms with Gasteiger partial charge in [0.2, 0.25) is 5.91 Å². The summed E-state index contributed by atoms with van der Waals surface area (Å²) in [6.45, 7) is 4.13. The Balaban J connectivity index is 2.50. The van der Waals surface area contributed by atoms with Crippen LogP contribution in [0.15, 0.2) is 43.0 Å². The molecule has 0 aliphatic heterocycles. The van der Waals surface area contributed by atoms with Crippen LogP contribution in [0.3, 0.4) is 0 Å². The number of carbonyl (C=O) groups excluding carboxylic acids is 2. The van der Waals surface area contributed by atoms with Crippen LogP contribution in [0.1, 0.15) is 52.4 Å². The van der Waals surface area contributed by atoms with Crippen LogP contribution in [-0.4, -0.2) is 36.8 Å². The standard InChI is InChI=1S/C26H20Cl2F10N2O2/c1-11(2)16-6-14(8-19(27)21(16)28)17(25(33,34)35)9-20(29)13-4-5-15(18(7-13)26(36,37)38)23(42)40-12(3)22(41)39-10-24(30,31)32/h4-9,12,17H,1,10H2,2-3H3,(H,39,41)(H,40,42)/b20-9-/t12-,17?/m1/s1. The van der Waals surface area contributed by atoms with Gasteiger partial charge in [-0.1, -0.05) is 35.8 Å². The highest BCUT2D eigenvalue weighted by atomic mass is 35.5. The maximum Gasteiger partial charge on any atom is 0.417 e. The molecule has 16 heteroatoms. The van der Waals surface area contributed by atoms with E-state index in [2.05, 4.69) is 6.58 Å². The zero-order chi connectivity index (χ0) is 32.4. The number of hydrogen-bond acceptors (Lipinski definition) is 2. The molecule has 2 amide bonds. The minimum absolute atomic E-state index is 0.0179. The molecule has 0 heterocycles. The summed E-state index contributed by atoms with van der Waals surface area (Å²) >= 11 is 11.9. The molecule has 0 bridgehead atoms. The van der Waals surface area contributed by atoms with Gasteiger partial charge in [0, 0.05) is 5.56 Å². The third kappa shape index (κ3) is 9.12. The number of benzene rings is 2. The first-order valence-electron chi connectivity index (χ1n) is 11.5. The lowest BCUT2D eigenvalue weighted by atomic mass is 9.93. The molecule has 2 rings (SSSR count). The maximum absolute atomic E-state index is 15.1. The lowest BCUT2D eigenvalue weighted by Gasteiger charge is -2.20. The predicted molar refractivity (Wildman–Crippen MR) is 136 cm³/mol. The summed E-state index contributed by atoms with van der Waals surface area (Å²) in [6, 6.07) is 1.17. The van der Waals surface area contributed by atoms with Crippen molar-refractivity contribution in [2.75, 3.05) is 6.54 Å². The third-order valence-corrected chi connectivity index (χ3v) is 6.39. The Morgan fingerprint density at radius 1 is 0.976 bits per heavy atom. The van der Waals surface area contributed by atoms with Crippen molar-refractivity contribution in [1.29, 1.82) is 0 Å². The second-order valence-corrected chi connectivity index (χ2v) is 9.75. The first kappa shape index (κ1) is 34.9. The van der Waals surface area contributed by atoms with Crippen molar-refractivity contribution < 1.29 is 53.5 Å². The molecule has 0 fully saturated rings. The van der Waals surface area contributed by atoms with Gasteiger partial charge in [0.05, 0.1) is 21.2 Å². The van der Waals surface area contributed by atoms with Crippen molar-refractivity contribution in [2.45, 2.75) is 44.3 Å². The second-order valence-electron chi connectivity index (χ2n) is 8.96. The molecule has 2 N–H and O–H groups in total. The van der Waals surface area contributed by atoms with Crippen LogP contribution in [0, 0.1) is 0 Å². The van der Waals surface area contributed by atoms with Crippen molar-refractivity contribution in [3.05, 3.63) is 80.8 Å². The fourth-order valence-corrected chi connectivity index (χ4v) is 4.03. The third-order valence-electron chi connectivity index (χ3n) is 5.58. The number of alkyl halides is 9. The summed E-state index contributed by atoms with van der Waals surface area (Å²) in [5.74, 6) is -7.37. The molecule has 42 heavy (non-hydrogen) atoms. The normalized spacial score (nSPS) is 14.3. The quantitative estimate of drug-likeness (QED) is 0.281. The van der Waals surface area contributed by atoms with Gasteiger partial charge >= 0.3 is 18.5 Å². The molecule has 4 nitrogen and oxygen atoms in total. The summed E-state index contributed by atoms with van der Waals surface area (Å²) in [5, 5.41) is 2.79. The Morgan fingerprint density at radius 2 is 1.57 bits per heavy atom. The Bertz CT molecular complexity index is 1400. The van der Waals surface area contributed by atoms with Gasteiger partial charge in [0.1, 0.15) is 24.3 Å². The molecule has 2 aromatic carbocycles. The van der Waals surface area contributed by atoms with Crippen molar-refractivity contribution in [3.8, 4) is 0 Å². The fourth-order valence-electron chi connectivity index (χ4n) is 3.53. The van der Waals surface area contributed by atoms with Gasteiger partial charge < -0.3 is 10.6 Å². The van der Waals surface area contributed by atoms with Crippen molar-refractivity contribution in [1.82, 2.24) is 10.6 Å². The SMILES string of the molecule is C=C(C)c1cc(C(/C=C(\F)c2ccc(C(=O)N[C@H](C)C(=O)NCC(F)(F)F)c(C(F)(F)F)c2)C(F)(F)F)cc(Cl)c1Cl. The van der Waals surface area contributed by atoms with Gasteiger partial charge in [0.25, 0.3) is 5.91 Å². The Kier molecular flexibility index (Phi) is 10.8. The average Bonchev–Trinajstić information content (AvgIpc) is 2.84. The first-order chi connectivity index (χ1) is 19.0. The smallest absolute Gasteiger partial charge is 0.345 e. The van der Waals surface area contributed by atoms with E-state index >= 15 is 4.39 Å². The molecule has 0 radical (unpaired) electrons. The summed E-state index contributed by atoms with van der Waals surface area (Å²) in [6.07, 6.45) is -15.3. The Hall–Kier alpha value is -3.26. The van der Waals surface area contributed by atoms with Gasteiger partial charge in [-0.3, -0.25) is 9.59 Å². The minimum Gasteiger partial charge on any atom is -0.345 e. The van der Waals surface area contributed by atoms with Crippen LogP contribution in [0.25, 0.3) is 11.4 Å². The summed E-state index contributed by atoms with van der Waals surface area (Å²) < 4.78 is 135. The number of allylic oxidation sites excluding steroid dienone is 2. The molecule has 0 saturated heterocycles. The molecular weight excluding hydrogens is 633 g/mol. The monoisotopic (exact) mass is 652 g/mol. The van der Waals surface area contributed by atoms with Crippen LogP contribution in [0.4, 0.5) is 43.9 Å². The molecule has 230 valence electrons. The molecule has 2 atom stereocenters. The van der Waals surface area contributed by atoms with Gasteiger partial charge in [0.15, 0.2) is 0 Å². The van der Waals surface area contributed by atoms with E-state index in [-0.39, 0.29) is 33.3 Å². The lowest BCUT2D eigenvalue weighted by Crippen LogP contribution is -2.47. The molecular formula is C26H20Cl2F10N2O2. The van der Waals surface area contributed by atoms with Gasteiger partial charge in [-0.25, -0.2) is 4.39 Å². The molecule has 0 aliphatic rings. The van der Waals surface area contributed by atoms with Gasteiger partial charge in [-0.15, -0.1) is 0 Å². The molecule has 0 spiro atoms. The van der Waals surface area contributed by atoms with Crippen LogP contribution < -0.4 is 10.6 Å². The van der Waals surface area contributed by atoms with Crippen molar-refractivity contribution in [3.63, 3.8) is 0 Å². The van der Waals surface area contributed by atoms with Gasteiger partial charge in [-0.2, -0.15) is 39.5 Å². The van der Waals surface area contributed by atoms with Crippen LogP contribution in [-0.2, 0) is 11.0 Å². The molecule has 0 aliphatic carbocycles. The average molecular weight is 653 g/mol. The summed E-state index contributed by atoms with van der Waals surface area (Å²) in [5.41, 5.74) is -4.27. The van der Waals surface area contributed by atoms with E-state index in [1.165, 1.54) is 12.2 Å². The topological polar surface area (TPSA) is 58.2 Å². The summed E-state index contributed by atoms with van der Waals surface area (Å²) in [7, 11) is 0. The minimum atomic E-state index is -5.34. The molecule has 0 saturated carbocycles. The zero-order valence-corrected chi connectivity index (χ0v) is 22.9. The van der Waals surface area contributed by atoms with E-state index in [1.54, 1.807) is 5.32 Å². The lowest BCUT2D eigenvalue weighted by molar-refractivity contribution is -0.140. The summed E-state index contributed by atoms with van der Waals surface area (Å²) in [4.78, 5) is 24.2. The number of halogens is 12. The van der Waals surface area contributed by atoms with Crippen molar-refractivity contribution in [2.24, 2.45) is 0 Å². The number of nitrogens with one attached hydrogen (secondary N) is 2. The van der Waals surface area contributed by atoms with E-state index in [9.17, 15) is 49.1 Å². The highest BCUT2D eigenvalue weighted by molar-refractivity contribution is 6.43. The van der Waals surface area contributed by atoms with E-state index in [4.69, 9.17) is 23.2 Å². The first-order valence-corrected chi connectivity index (χ1v) is 12.2. The van der Waals surface area contributed by atoms with E-state index < -0.39 is 76.9 Å². The highest BCUT2D eigenvalue weighted by Gasteiger charge is 2.41. The Labute approximate surface area is 242 Å². The molecule has 2 aromatic rings. The number of amides is 2. The predicted octanol–water partition coefficient (Wildman–Crippen LogP) is 8.50. The number of rotatable bonds is 8. The second kappa shape index (κ2) is 12.9. The van der Waals surface area contributed by atoms with Gasteiger partial charge in [-0.05, 0) is 60.9 Å². The van der Waals surface area contributed by atoms with Crippen LogP contribution >= 0.6 is 23.2 Å². The van der Waals surface area contributed by atoms with E-state index in [0.29, 0.717) is 12.1 Å². The number of hydrogen-bond donors (Lipinski definition) is 2. The van der Waals surface area contributed by atoms with Crippen molar-refractivity contribution >= 4 is 46.4 Å². The molecule has 1 unspecified atom stereocenters. The fraction of sp³-hybridized carbons (Fsp3) is 0.308. The zero-order valence-electron chi connectivity index (χ0n) is 21.4. The van der Waals surface area contributed by atoms with E-state index in [0.717, 1.165) is 19.1 Å². The Morgan fingerprint density at radius 3 is 2.07 bits per heavy atom. The molecule has 0 aromatic heterocycles. The van der Waals surface area contributed by atoms with Crippen LogP contribution in [0.2, 0.25) is 10.0 Å². The maximum atomic E-state index is 15.1.